The zero-order chi connectivity index (χ0) is 8.81. The highest BCUT2D eigenvalue weighted by atomic mass is 16.8. The van der Waals surface area contributed by atoms with Crippen LogP contribution in [-0.2, 0) is 9.47 Å². The van der Waals surface area contributed by atoms with E-state index in [-0.39, 0.29) is 12.7 Å². The summed E-state index contributed by atoms with van der Waals surface area (Å²) < 4.78 is 9.43. The maximum absolute atomic E-state index is 10.5. The molecule has 1 N–H and O–H groups in total. The fraction of sp³-hybridized carbons (Fsp3) is 0.875. The molecule has 0 aromatic carbocycles. The molecule has 1 aliphatic heterocycles. The van der Waals surface area contributed by atoms with Crippen LogP contribution in [0.5, 0.6) is 0 Å². The Labute approximate surface area is 71.5 Å². The summed E-state index contributed by atoms with van der Waals surface area (Å²) in [5.41, 5.74) is 0. The second-order valence-corrected chi connectivity index (χ2v) is 2.87. The van der Waals surface area contributed by atoms with Gasteiger partial charge in [0.15, 0.2) is 0 Å². The SMILES string of the molecule is O=C1OCC(CCCCCO)O1. The molecule has 0 aromatic heterocycles. The van der Waals surface area contributed by atoms with Crippen molar-refractivity contribution < 1.29 is 19.4 Å². The molecule has 0 aromatic rings. The Hall–Kier alpha value is -0.770. The van der Waals surface area contributed by atoms with Crippen LogP contribution in [0.25, 0.3) is 0 Å². The number of aliphatic hydroxyl groups is 1. The molecule has 1 heterocycles. The Morgan fingerprint density at radius 2 is 2.25 bits per heavy atom. The van der Waals surface area contributed by atoms with Gasteiger partial charge in [-0.3, -0.25) is 0 Å². The molecule has 70 valence electrons. The van der Waals surface area contributed by atoms with Gasteiger partial charge in [0, 0.05) is 6.61 Å². The van der Waals surface area contributed by atoms with E-state index < -0.39 is 6.16 Å². The van der Waals surface area contributed by atoms with Gasteiger partial charge in [-0.25, -0.2) is 4.79 Å². The van der Waals surface area contributed by atoms with Gasteiger partial charge < -0.3 is 14.6 Å². The standard InChI is InChI=1S/C8H14O4/c9-5-3-1-2-4-7-6-11-8(10)12-7/h7,9H,1-6H2. The van der Waals surface area contributed by atoms with E-state index >= 15 is 0 Å². The van der Waals surface area contributed by atoms with Gasteiger partial charge >= 0.3 is 6.16 Å². The van der Waals surface area contributed by atoms with Gasteiger partial charge in [-0.15, -0.1) is 0 Å². The second kappa shape index (κ2) is 4.98. The minimum Gasteiger partial charge on any atom is -0.430 e. The molecule has 0 bridgehead atoms. The molecule has 1 atom stereocenters. The van der Waals surface area contributed by atoms with Gasteiger partial charge in [-0.1, -0.05) is 6.42 Å². The van der Waals surface area contributed by atoms with E-state index in [2.05, 4.69) is 4.74 Å². The lowest BCUT2D eigenvalue weighted by Gasteiger charge is -2.04. The number of cyclic esters (lactones) is 2. The van der Waals surface area contributed by atoms with Crippen molar-refractivity contribution in [3.05, 3.63) is 0 Å². The Bertz CT molecular complexity index is 146. The van der Waals surface area contributed by atoms with E-state index in [4.69, 9.17) is 9.84 Å². The highest BCUT2D eigenvalue weighted by molar-refractivity contribution is 5.61. The lowest BCUT2D eigenvalue weighted by molar-refractivity contribution is 0.115. The molecule has 4 nitrogen and oxygen atoms in total. The highest BCUT2D eigenvalue weighted by Crippen LogP contribution is 2.13. The maximum Gasteiger partial charge on any atom is 0.508 e. The minimum absolute atomic E-state index is 0.0591. The first-order valence-corrected chi connectivity index (χ1v) is 4.27. The molecule has 0 amide bonds. The van der Waals surface area contributed by atoms with Crippen molar-refractivity contribution in [1.82, 2.24) is 0 Å². The van der Waals surface area contributed by atoms with Crippen molar-refractivity contribution in [3.63, 3.8) is 0 Å². The minimum atomic E-state index is -0.554. The van der Waals surface area contributed by atoms with Gasteiger partial charge in [0.1, 0.15) is 12.7 Å². The van der Waals surface area contributed by atoms with E-state index in [1.165, 1.54) is 0 Å². The van der Waals surface area contributed by atoms with E-state index in [0.29, 0.717) is 6.61 Å². The second-order valence-electron chi connectivity index (χ2n) is 2.87. The van der Waals surface area contributed by atoms with Crippen LogP contribution in [0.4, 0.5) is 4.79 Å². The molecule has 1 unspecified atom stereocenters. The average molecular weight is 174 g/mol. The normalized spacial score (nSPS) is 22.1. The number of hydrogen-bond donors (Lipinski definition) is 1. The van der Waals surface area contributed by atoms with Crippen molar-refractivity contribution in [2.24, 2.45) is 0 Å². The zero-order valence-corrected chi connectivity index (χ0v) is 6.99. The first kappa shape index (κ1) is 9.32. The number of unbranched alkanes of at least 4 members (excludes halogenated alkanes) is 2. The van der Waals surface area contributed by atoms with Gasteiger partial charge in [-0.05, 0) is 19.3 Å². The van der Waals surface area contributed by atoms with Crippen LogP contribution < -0.4 is 0 Å². The molecule has 1 aliphatic rings. The molecule has 1 fully saturated rings. The Kier molecular flexibility index (Phi) is 3.87. The van der Waals surface area contributed by atoms with Gasteiger partial charge in [-0.2, -0.15) is 0 Å². The van der Waals surface area contributed by atoms with E-state index in [0.717, 1.165) is 25.7 Å². The molecule has 4 heteroatoms. The van der Waals surface area contributed by atoms with Crippen LogP contribution >= 0.6 is 0 Å². The Balaban J connectivity index is 1.97. The first-order valence-electron chi connectivity index (χ1n) is 4.27. The molecule has 0 aliphatic carbocycles. The third-order valence-corrected chi connectivity index (χ3v) is 1.83. The van der Waals surface area contributed by atoms with Crippen LogP contribution in [0.3, 0.4) is 0 Å². The lowest BCUT2D eigenvalue weighted by atomic mass is 10.1. The topological polar surface area (TPSA) is 55.8 Å². The molecule has 12 heavy (non-hydrogen) atoms. The summed E-state index contributed by atoms with van der Waals surface area (Å²) in [4.78, 5) is 10.5. The summed E-state index contributed by atoms with van der Waals surface area (Å²) in [5.74, 6) is 0. The number of ether oxygens (including phenoxy) is 2. The number of rotatable bonds is 5. The smallest absolute Gasteiger partial charge is 0.430 e. The molecule has 0 spiro atoms. The van der Waals surface area contributed by atoms with Gasteiger partial charge in [0.2, 0.25) is 0 Å². The predicted molar refractivity (Wildman–Crippen MR) is 41.8 cm³/mol. The van der Waals surface area contributed by atoms with Crippen molar-refractivity contribution in [3.8, 4) is 0 Å². The summed E-state index contributed by atoms with van der Waals surface area (Å²) in [7, 11) is 0. The molecule has 0 saturated carbocycles. The van der Waals surface area contributed by atoms with Gasteiger partial charge in [0.05, 0.1) is 0 Å². The Morgan fingerprint density at radius 3 is 2.83 bits per heavy atom. The molecular formula is C8H14O4. The highest BCUT2D eigenvalue weighted by Gasteiger charge is 2.23. The van der Waals surface area contributed by atoms with Crippen LogP contribution in [0.15, 0.2) is 0 Å². The number of aliphatic hydroxyl groups excluding tert-OH is 1. The third kappa shape index (κ3) is 3.09. The van der Waals surface area contributed by atoms with Crippen molar-refractivity contribution in [2.75, 3.05) is 13.2 Å². The summed E-state index contributed by atoms with van der Waals surface area (Å²) in [5, 5.41) is 8.49. The van der Waals surface area contributed by atoms with Crippen LogP contribution in [0.2, 0.25) is 0 Å². The van der Waals surface area contributed by atoms with E-state index in [1.54, 1.807) is 0 Å². The molecule has 1 saturated heterocycles. The van der Waals surface area contributed by atoms with Gasteiger partial charge in [0.25, 0.3) is 0 Å². The lowest BCUT2D eigenvalue weighted by Crippen LogP contribution is -2.09. The average Bonchev–Trinajstić information content (AvgIpc) is 2.45. The quantitative estimate of drug-likeness (QED) is 0.500. The first-order chi connectivity index (χ1) is 5.83. The summed E-state index contributed by atoms with van der Waals surface area (Å²) >= 11 is 0. The summed E-state index contributed by atoms with van der Waals surface area (Å²) in [6.07, 6.45) is 3.00. The number of carbonyl (C=O) groups is 1. The number of hydrogen-bond acceptors (Lipinski definition) is 4. The van der Waals surface area contributed by atoms with Crippen molar-refractivity contribution >= 4 is 6.16 Å². The van der Waals surface area contributed by atoms with Crippen LogP contribution in [-0.4, -0.2) is 30.6 Å². The van der Waals surface area contributed by atoms with Crippen LogP contribution in [0.1, 0.15) is 25.7 Å². The largest absolute Gasteiger partial charge is 0.508 e. The zero-order valence-electron chi connectivity index (χ0n) is 6.99. The maximum atomic E-state index is 10.5. The van der Waals surface area contributed by atoms with Crippen LogP contribution in [0, 0.1) is 0 Å². The van der Waals surface area contributed by atoms with E-state index in [1.807, 2.05) is 0 Å². The third-order valence-electron chi connectivity index (χ3n) is 1.83. The molecule has 1 rings (SSSR count). The number of carbonyl (C=O) groups excluding carboxylic acids is 1. The Morgan fingerprint density at radius 1 is 1.42 bits per heavy atom. The van der Waals surface area contributed by atoms with Crippen molar-refractivity contribution in [2.45, 2.75) is 31.8 Å². The predicted octanol–water partition coefficient (Wildman–Crippen LogP) is 1.07. The molecular weight excluding hydrogens is 160 g/mol. The monoisotopic (exact) mass is 174 g/mol. The van der Waals surface area contributed by atoms with E-state index in [9.17, 15) is 4.79 Å². The fourth-order valence-electron chi connectivity index (χ4n) is 1.17. The van der Waals surface area contributed by atoms with Crippen molar-refractivity contribution in [1.29, 1.82) is 0 Å². The molecule has 0 radical (unpaired) electrons. The summed E-state index contributed by atoms with van der Waals surface area (Å²) in [6, 6.07) is 0. The fourth-order valence-corrected chi connectivity index (χ4v) is 1.17. The summed E-state index contributed by atoms with van der Waals surface area (Å²) in [6.45, 7) is 0.624.